The van der Waals surface area contributed by atoms with Gasteiger partial charge >= 0.3 is 0 Å². The van der Waals surface area contributed by atoms with Crippen LogP contribution in [0.5, 0.6) is 11.5 Å². The number of hydrogen-bond acceptors (Lipinski definition) is 4. The van der Waals surface area contributed by atoms with E-state index in [-0.39, 0.29) is 17.7 Å². The van der Waals surface area contributed by atoms with Gasteiger partial charge in [0.05, 0.1) is 7.11 Å². The summed E-state index contributed by atoms with van der Waals surface area (Å²) in [5, 5.41) is 12.5. The lowest BCUT2D eigenvalue weighted by Crippen LogP contribution is -2.39. The molecule has 1 fully saturated rings. The van der Waals surface area contributed by atoms with Gasteiger partial charge in [-0.15, -0.1) is 0 Å². The molecule has 0 unspecified atom stereocenters. The van der Waals surface area contributed by atoms with Crippen LogP contribution in [0.1, 0.15) is 23.2 Å². The lowest BCUT2D eigenvalue weighted by molar-refractivity contribution is 0.0934. The number of nitrogens with one attached hydrogen (secondary N) is 1. The average Bonchev–Trinajstić information content (AvgIpc) is 2.41. The molecule has 2 rings (SSSR count). The molecule has 1 amide bonds. The molecule has 0 spiro atoms. The third kappa shape index (κ3) is 3.47. The van der Waals surface area contributed by atoms with Crippen molar-refractivity contribution < 1.29 is 18.8 Å². The summed E-state index contributed by atoms with van der Waals surface area (Å²) in [7, 11) is 0.719. The summed E-state index contributed by atoms with van der Waals surface area (Å²) in [5.74, 6) is 1.33. The Morgan fingerprint density at radius 2 is 2.11 bits per heavy atom. The normalized spacial score (nSPS) is 22.8. The minimum absolute atomic E-state index is 0.0557. The predicted molar refractivity (Wildman–Crippen MR) is 73.0 cm³/mol. The Kier molecular flexibility index (Phi) is 4.42. The molecule has 1 heterocycles. The van der Waals surface area contributed by atoms with E-state index in [1.54, 1.807) is 12.1 Å². The Morgan fingerprint density at radius 1 is 1.42 bits per heavy atom. The highest BCUT2D eigenvalue weighted by Gasteiger charge is 2.20. The van der Waals surface area contributed by atoms with Gasteiger partial charge < -0.3 is 15.2 Å². The highest BCUT2D eigenvalue weighted by atomic mass is 32.2. The van der Waals surface area contributed by atoms with Crippen molar-refractivity contribution in [3.8, 4) is 11.5 Å². The number of carbonyl (C=O) groups excluding carboxylic acids is 1. The van der Waals surface area contributed by atoms with Gasteiger partial charge in [0.1, 0.15) is 0 Å². The van der Waals surface area contributed by atoms with Gasteiger partial charge in [0, 0.05) is 33.9 Å². The van der Waals surface area contributed by atoms with E-state index in [1.807, 2.05) is 0 Å². The van der Waals surface area contributed by atoms with Crippen molar-refractivity contribution in [3.63, 3.8) is 0 Å². The molecule has 1 aliphatic rings. The number of ether oxygens (including phenoxy) is 1. The Bertz CT molecular complexity index is 493. The monoisotopic (exact) mass is 283 g/mol. The topological polar surface area (TPSA) is 75.6 Å². The molecule has 1 saturated heterocycles. The summed E-state index contributed by atoms with van der Waals surface area (Å²) in [6.07, 6.45) is 1.47. The molecule has 1 aromatic rings. The second-order valence-corrected chi connectivity index (χ2v) is 6.18. The lowest BCUT2D eigenvalue weighted by Gasteiger charge is -2.22. The first-order valence-corrected chi connectivity index (χ1v) is 7.62. The largest absolute Gasteiger partial charge is 0.504 e. The van der Waals surface area contributed by atoms with Crippen molar-refractivity contribution in [2.45, 2.75) is 18.9 Å². The smallest absolute Gasteiger partial charge is 0.251 e. The molecule has 1 aromatic carbocycles. The molecule has 0 atom stereocenters. The predicted octanol–water partition coefficient (Wildman–Crippen LogP) is 1.04. The summed E-state index contributed by atoms with van der Waals surface area (Å²) in [5.41, 5.74) is 0.394. The fraction of sp³-hybridized carbons (Fsp3) is 0.462. The zero-order valence-electron chi connectivity index (χ0n) is 10.7. The Labute approximate surface area is 114 Å². The van der Waals surface area contributed by atoms with Crippen LogP contribution < -0.4 is 10.1 Å². The second kappa shape index (κ2) is 6.06. The van der Waals surface area contributed by atoms with Crippen LogP contribution in [0.4, 0.5) is 0 Å². The molecule has 1 aliphatic heterocycles. The summed E-state index contributed by atoms with van der Waals surface area (Å²) in [4.78, 5) is 12.0. The number of aromatic hydroxyl groups is 1. The summed E-state index contributed by atoms with van der Waals surface area (Å²) in [6.45, 7) is 0. The van der Waals surface area contributed by atoms with E-state index in [4.69, 9.17) is 4.74 Å². The van der Waals surface area contributed by atoms with Crippen molar-refractivity contribution in [1.82, 2.24) is 5.32 Å². The van der Waals surface area contributed by atoms with E-state index in [1.165, 1.54) is 13.2 Å². The standard InChI is InChI=1S/C13H17NO4S/c1-18-12-3-2-9(8-11(12)15)13(16)14-10-4-6-19(17)7-5-10/h2-3,8,10,15H,4-7H2,1H3,(H,14,16). The number of benzene rings is 1. The molecular weight excluding hydrogens is 266 g/mol. The minimum atomic E-state index is -0.736. The van der Waals surface area contributed by atoms with E-state index >= 15 is 0 Å². The molecule has 0 aromatic heterocycles. The van der Waals surface area contributed by atoms with E-state index in [0.717, 1.165) is 12.8 Å². The fourth-order valence-electron chi connectivity index (χ4n) is 2.04. The molecule has 19 heavy (non-hydrogen) atoms. The zero-order chi connectivity index (χ0) is 13.8. The van der Waals surface area contributed by atoms with Crippen LogP contribution in [-0.4, -0.2) is 39.9 Å². The van der Waals surface area contributed by atoms with Crippen molar-refractivity contribution in [2.75, 3.05) is 18.6 Å². The van der Waals surface area contributed by atoms with Crippen LogP contribution in [0.3, 0.4) is 0 Å². The Morgan fingerprint density at radius 3 is 2.68 bits per heavy atom. The molecule has 0 radical (unpaired) electrons. The van der Waals surface area contributed by atoms with Crippen LogP contribution in [0.25, 0.3) is 0 Å². The van der Waals surface area contributed by atoms with Gasteiger partial charge in [-0.2, -0.15) is 0 Å². The zero-order valence-corrected chi connectivity index (χ0v) is 11.5. The minimum Gasteiger partial charge on any atom is -0.504 e. The molecule has 0 saturated carbocycles. The molecule has 104 valence electrons. The van der Waals surface area contributed by atoms with E-state index in [2.05, 4.69) is 5.32 Å². The number of phenols is 1. The van der Waals surface area contributed by atoms with E-state index < -0.39 is 10.8 Å². The van der Waals surface area contributed by atoms with Crippen LogP contribution in [0, 0.1) is 0 Å². The SMILES string of the molecule is COc1ccc(C(=O)NC2CCS(=O)CC2)cc1O. The van der Waals surface area contributed by atoms with Crippen molar-refractivity contribution >= 4 is 16.7 Å². The van der Waals surface area contributed by atoms with Crippen LogP contribution >= 0.6 is 0 Å². The van der Waals surface area contributed by atoms with Crippen LogP contribution in [0.15, 0.2) is 18.2 Å². The average molecular weight is 283 g/mol. The first kappa shape index (κ1) is 13.9. The lowest BCUT2D eigenvalue weighted by atomic mass is 10.1. The number of rotatable bonds is 3. The summed E-state index contributed by atoms with van der Waals surface area (Å²) < 4.78 is 16.2. The maximum absolute atomic E-state index is 12.0. The van der Waals surface area contributed by atoms with Gasteiger partial charge in [-0.3, -0.25) is 9.00 Å². The Hall–Kier alpha value is -1.56. The van der Waals surface area contributed by atoms with Gasteiger partial charge in [0.25, 0.3) is 5.91 Å². The number of hydrogen-bond donors (Lipinski definition) is 2. The quantitative estimate of drug-likeness (QED) is 0.869. The number of carbonyl (C=O) groups is 1. The molecule has 6 heteroatoms. The van der Waals surface area contributed by atoms with E-state index in [9.17, 15) is 14.1 Å². The maximum atomic E-state index is 12.0. The van der Waals surface area contributed by atoms with Crippen LogP contribution in [0.2, 0.25) is 0 Å². The van der Waals surface area contributed by atoms with E-state index in [0.29, 0.717) is 22.8 Å². The highest BCUT2D eigenvalue weighted by Crippen LogP contribution is 2.26. The third-order valence-electron chi connectivity index (χ3n) is 3.16. The van der Waals surface area contributed by atoms with Gasteiger partial charge in [-0.1, -0.05) is 0 Å². The van der Waals surface area contributed by atoms with Gasteiger partial charge in [-0.05, 0) is 31.0 Å². The van der Waals surface area contributed by atoms with Gasteiger partial charge in [0.2, 0.25) is 0 Å². The van der Waals surface area contributed by atoms with Gasteiger partial charge in [0.15, 0.2) is 11.5 Å². The van der Waals surface area contributed by atoms with Crippen molar-refractivity contribution in [2.24, 2.45) is 0 Å². The Balaban J connectivity index is 2.00. The first-order chi connectivity index (χ1) is 9.10. The third-order valence-corrected chi connectivity index (χ3v) is 4.55. The first-order valence-electron chi connectivity index (χ1n) is 6.13. The molecular formula is C13H17NO4S. The van der Waals surface area contributed by atoms with Crippen molar-refractivity contribution in [3.05, 3.63) is 23.8 Å². The number of amides is 1. The highest BCUT2D eigenvalue weighted by molar-refractivity contribution is 7.85. The van der Waals surface area contributed by atoms with Gasteiger partial charge in [-0.25, -0.2) is 0 Å². The van der Waals surface area contributed by atoms with Crippen molar-refractivity contribution in [1.29, 1.82) is 0 Å². The van der Waals surface area contributed by atoms with Crippen LogP contribution in [-0.2, 0) is 10.8 Å². The molecule has 2 N–H and O–H groups in total. The summed E-state index contributed by atoms with van der Waals surface area (Å²) >= 11 is 0. The number of methoxy groups -OCH3 is 1. The maximum Gasteiger partial charge on any atom is 0.251 e. The second-order valence-electron chi connectivity index (χ2n) is 4.48. The molecule has 0 bridgehead atoms. The number of phenolic OH excluding ortho intramolecular Hbond substituents is 1. The molecule has 0 aliphatic carbocycles. The fourth-order valence-corrected chi connectivity index (χ4v) is 3.34. The molecule has 5 nitrogen and oxygen atoms in total. The summed E-state index contributed by atoms with van der Waals surface area (Å²) in [6, 6.07) is 4.61.